The first-order valence-electron chi connectivity index (χ1n) is 6.62. The monoisotopic (exact) mass is 499 g/mol. The lowest BCUT2D eigenvalue weighted by atomic mass is 10.2. The van der Waals surface area contributed by atoms with Crippen LogP contribution in [0.15, 0.2) is 47.4 Å². The minimum atomic E-state index is -4.24. The maximum absolute atomic E-state index is 13.1. The number of benzene rings is 2. The summed E-state index contributed by atoms with van der Waals surface area (Å²) in [7, 11) is -4.24. The average Bonchev–Trinajstić information content (AvgIpc) is 2.49. The van der Waals surface area contributed by atoms with Gasteiger partial charge in [-0.3, -0.25) is 4.31 Å². The molecular formula is C15H12Cl2INO4S. The van der Waals surface area contributed by atoms with Crippen LogP contribution in [0.3, 0.4) is 0 Å². The second kappa shape index (κ2) is 7.47. The van der Waals surface area contributed by atoms with Crippen molar-refractivity contribution in [1.82, 2.24) is 0 Å². The number of carboxylic acid groups (broad SMARTS) is 1. The molecule has 0 fully saturated rings. The first-order chi connectivity index (χ1) is 11.1. The molecule has 0 spiro atoms. The van der Waals surface area contributed by atoms with Gasteiger partial charge in [-0.15, -0.1) is 0 Å². The molecule has 128 valence electrons. The molecular weight excluding hydrogens is 488 g/mol. The topological polar surface area (TPSA) is 74.7 Å². The van der Waals surface area contributed by atoms with Gasteiger partial charge in [-0.05, 0) is 65.9 Å². The van der Waals surface area contributed by atoms with Gasteiger partial charge >= 0.3 is 5.97 Å². The smallest absolute Gasteiger partial charge is 0.327 e. The summed E-state index contributed by atoms with van der Waals surface area (Å²) in [4.78, 5) is 11.2. The minimum absolute atomic E-state index is 0.0346. The van der Waals surface area contributed by atoms with Gasteiger partial charge in [0.15, 0.2) is 0 Å². The van der Waals surface area contributed by atoms with E-state index in [1.165, 1.54) is 31.2 Å². The summed E-state index contributed by atoms with van der Waals surface area (Å²) < 4.78 is 27.8. The summed E-state index contributed by atoms with van der Waals surface area (Å²) in [6.45, 7) is 1.29. The van der Waals surface area contributed by atoms with E-state index in [-0.39, 0.29) is 20.6 Å². The molecule has 0 saturated carbocycles. The van der Waals surface area contributed by atoms with Gasteiger partial charge in [0, 0.05) is 8.59 Å². The number of carboxylic acids is 1. The number of aliphatic carboxylic acids is 1. The molecule has 0 saturated heterocycles. The molecule has 0 heterocycles. The first-order valence-corrected chi connectivity index (χ1v) is 9.90. The van der Waals surface area contributed by atoms with Gasteiger partial charge in [-0.1, -0.05) is 29.3 Å². The van der Waals surface area contributed by atoms with Crippen molar-refractivity contribution < 1.29 is 18.3 Å². The zero-order valence-corrected chi connectivity index (χ0v) is 16.8. The van der Waals surface area contributed by atoms with E-state index in [1.54, 1.807) is 18.2 Å². The Kier molecular flexibility index (Phi) is 6.00. The van der Waals surface area contributed by atoms with Crippen molar-refractivity contribution in [2.24, 2.45) is 0 Å². The van der Waals surface area contributed by atoms with E-state index in [2.05, 4.69) is 0 Å². The van der Waals surface area contributed by atoms with Crippen LogP contribution >= 0.6 is 45.8 Å². The summed E-state index contributed by atoms with van der Waals surface area (Å²) in [6, 6.07) is 9.21. The summed E-state index contributed by atoms with van der Waals surface area (Å²) in [5.74, 6) is -1.28. The van der Waals surface area contributed by atoms with Gasteiger partial charge < -0.3 is 5.11 Å². The van der Waals surface area contributed by atoms with Crippen LogP contribution in [-0.2, 0) is 14.8 Å². The Balaban J connectivity index is 2.70. The minimum Gasteiger partial charge on any atom is -0.480 e. The maximum atomic E-state index is 13.1. The number of carbonyl (C=O) groups is 1. The molecule has 0 aliphatic carbocycles. The Morgan fingerprint density at radius 1 is 1.21 bits per heavy atom. The van der Waals surface area contributed by atoms with E-state index in [0.29, 0.717) is 0 Å². The molecule has 5 nitrogen and oxygen atoms in total. The number of hydrogen-bond acceptors (Lipinski definition) is 3. The second-order valence-corrected chi connectivity index (χ2v) is 8.74. The van der Waals surface area contributed by atoms with Crippen molar-refractivity contribution in [3.63, 3.8) is 0 Å². The van der Waals surface area contributed by atoms with Crippen molar-refractivity contribution >= 4 is 67.5 Å². The Bertz CT molecular complexity index is 889. The van der Waals surface area contributed by atoms with Gasteiger partial charge in [0.1, 0.15) is 10.9 Å². The highest BCUT2D eigenvalue weighted by Gasteiger charge is 2.34. The largest absolute Gasteiger partial charge is 0.480 e. The molecule has 0 radical (unpaired) electrons. The number of sulfonamides is 1. The van der Waals surface area contributed by atoms with E-state index >= 15 is 0 Å². The molecule has 2 rings (SSSR count). The van der Waals surface area contributed by atoms with E-state index in [4.69, 9.17) is 23.2 Å². The second-order valence-electron chi connectivity index (χ2n) is 4.87. The van der Waals surface area contributed by atoms with Crippen LogP contribution in [0.2, 0.25) is 10.0 Å². The highest BCUT2D eigenvalue weighted by molar-refractivity contribution is 14.1. The molecule has 1 N–H and O–H groups in total. The quantitative estimate of drug-likeness (QED) is 0.623. The molecule has 1 unspecified atom stereocenters. The van der Waals surface area contributed by atoms with Crippen LogP contribution in [0.1, 0.15) is 6.92 Å². The summed E-state index contributed by atoms with van der Waals surface area (Å²) in [5, 5.41) is 9.50. The Labute approximate surface area is 163 Å². The lowest BCUT2D eigenvalue weighted by Crippen LogP contribution is -2.43. The van der Waals surface area contributed by atoms with Gasteiger partial charge in [0.2, 0.25) is 0 Å². The Hall–Kier alpha value is -1.03. The molecule has 24 heavy (non-hydrogen) atoms. The zero-order chi connectivity index (χ0) is 18.1. The van der Waals surface area contributed by atoms with Crippen molar-refractivity contribution in [2.75, 3.05) is 4.31 Å². The molecule has 9 heteroatoms. The van der Waals surface area contributed by atoms with Crippen molar-refractivity contribution in [2.45, 2.75) is 17.9 Å². The van der Waals surface area contributed by atoms with Crippen LogP contribution in [0.25, 0.3) is 0 Å². The van der Waals surface area contributed by atoms with Crippen molar-refractivity contribution in [1.29, 1.82) is 0 Å². The van der Waals surface area contributed by atoms with E-state index in [1.807, 2.05) is 22.6 Å². The fourth-order valence-electron chi connectivity index (χ4n) is 2.06. The van der Waals surface area contributed by atoms with Crippen LogP contribution in [0, 0.1) is 3.57 Å². The van der Waals surface area contributed by atoms with Crippen LogP contribution < -0.4 is 4.31 Å². The van der Waals surface area contributed by atoms with E-state index in [0.717, 1.165) is 7.88 Å². The first kappa shape index (κ1) is 19.3. The predicted molar refractivity (Wildman–Crippen MR) is 102 cm³/mol. The lowest BCUT2D eigenvalue weighted by molar-refractivity contribution is -0.137. The highest BCUT2D eigenvalue weighted by Crippen LogP contribution is 2.32. The van der Waals surface area contributed by atoms with Crippen LogP contribution in [0.5, 0.6) is 0 Å². The van der Waals surface area contributed by atoms with E-state index < -0.39 is 22.0 Å². The molecule has 2 aromatic rings. The lowest BCUT2D eigenvalue weighted by Gasteiger charge is -2.28. The van der Waals surface area contributed by atoms with Gasteiger partial charge in [0.25, 0.3) is 10.0 Å². The average molecular weight is 500 g/mol. The van der Waals surface area contributed by atoms with E-state index in [9.17, 15) is 18.3 Å². The summed E-state index contributed by atoms with van der Waals surface area (Å²) >= 11 is 13.9. The predicted octanol–water partition coefficient (Wildman–Crippen LogP) is 4.27. The number of anilines is 1. The van der Waals surface area contributed by atoms with Gasteiger partial charge in [-0.25, -0.2) is 13.2 Å². The normalized spacial score (nSPS) is 12.7. The molecule has 0 aliphatic rings. The fourth-order valence-corrected chi connectivity index (χ4v) is 4.94. The summed E-state index contributed by atoms with van der Waals surface area (Å²) in [5.41, 5.74) is 0.229. The molecule has 1 atom stereocenters. The standard InChI is InChI=1S/C15H12Cl2INO4S/c1-9(15(20)21)19(12-4-2-3-11(18)8-12)24(22,23)14-7-10(16)5-6-13(14)17/h2-9H,1H3,(H,20,21). The molecule has 0 aliphatic heterocycles. The van der Waals surface area contributed by atoms with Gasteiger partial charge in [0.05, 0.1) is 10.7 Å². The van der Waals surface area contributed by atoms with Crippen LogP contribution in [0.4, 0.5) is 5.69 Å². The maximum Gasteiger partial charge on any atom is 0.327 e. The highest BCUT2D eigenvalue weighted by atomic mass is 127. The zero-order valence-electron chi connectivity index (χ0n) is 12.3. The Morgan fingerprint density at radius 2 is 1.88 bits per heavy atom. The number of rotatable bonds is 5. The SMILES string of the molecule is CC(C(=O)O)N(c1cccc(I)c1)S(=O)(=O)c1cc(Cl)ccc1Cl. The Morgan fingerprint density at radius 3 is 2.46 bits per heavy atom. The third-order valence-electron chi connectivity index (χ3n) is 3.20. The number of nitrogens with zero attached hydrogens (tertiary/aromatic N) is 1. The number of halogens is 3. The third-order valence-corrected chi connectivity index (χ3v) is 6.49. The summed E-state index contributed by atoms with van der Waals surface area (Å²) in [6.07, 6.45) is 0. The van der Waals surface area contributed by atoms with Crippen molar-refractivity contribution in [3.8, 4) is 0 Å². The van der Waals surface area contributed by atoms with Gasteiger partial charge in [-0.2, -0.15) is 0 Å². The molecule has 0 amide bonds. The van der Waals surface area contributed by atoms with Crippen molar-refractivity contribution in [3.05, 3.63) is 56.1 Å². The fraction of sp³-hybridized carbons (Fsp3) is 0.133. The molecule has 0 bridgehead atoms. The third kappa shape index (κ3) is 3.96. The van der Waals surface area contributed by atoms with Crippen LogP contribution in [-0.4, -0.2) is 25.5 Å². The number of hydrogen-bond donors (Lipinski definition) is 1. The molecule has 2 aromatic carbocycles. The molecule has 0 aromatic heterocycles.